The third kappa shape index (κ3) is 2.09. The standard InChI is InChI=1S/C9H14BrNS/c1-4-11(3)7(2)9-8(10)5-6-12-9/h5-7H,4H2,1-3H3. The molecular formula is C9H14BrNS. The first-order valence-corrected chi connectivity index (χ1v) is 5.77. The predicted molar refractivity (Wildman–Crippen MR) is 58.7 cm³/mol. The van der Waals surface area contributed by atoms with Crippen LogP contribution in [0, 0.1) is 0 Å². The van der Waals surface area contributed by atoms with Crippen molar-refractivity contribution >= 4 is 27.3 Å². The van der Waals surface area contributed by atoms with Gasteiger partial charge in [-0.25, -0.2) is 0 Å². The van der Waals surface area contributed by atoms with Gasteiger partial charge in [0, 0.05) is 15.4 Å². The molecule has 12 heavy (non-hydrogen) atoms. The van der Waals surface area contributed by atoms with Gasteiger partial charge in [-0.2, -0.15) is 0 Å². The molecule has 1 rings (SSSR count). The molecule has 1 unspecified atom stereocenters. The van der Waals surface area contributed by atoms with E-state index in [0.717, 1.165) is 6.54 Å². The van der Waals surface area contributed by atoms with E-state index >= 15 is 0 Å². The lowest BCUT2D eigenvalue weighted by Gasteiger charge is -2.22. The van der Waals surface area contributed by atoms with Crippen molar-refractivity contribution in [3.05, 3.63) is 20.8 Å². The number of rotatable bonds is 3. The third-order valence-corrected chi connectivity index (χ3v) is 4.23. The molecule has 1 atom stereocenters. The minimum absolute atomic E-state index is 0.518. The summed E-state index contributed by atoms with van der Waals surface area (Å²) in [6.07, 6.45) is 0. The van der Waals surface area contributed by atoms with Crippen LogP contribution in [0.5, 0.6) is 0 Å². The van der Waals surface area contributed by atoms with Crippen LogP contribution in [0.15, 0.2) is 15.9 Å². The van der Waals surface area contributed by atoms with Crippen LogP contribution in [-0.2, 0) is 0 Å². The van der Waals surface area contributed by atoms with Crippen LogP contribution in [0.2, 0.25) is 0 Å². The van der Waals surface area contributed by atoms with Crippen LogP contribution in [-0.4, -0.2) is 18.5 Å². The Morgan fingerprint density at radius 1 is 1.67 bits per heavy atom. The molecule has 0 saturated heterocycles. The molecule has 1 nitrogen and oxygen atoms in total. The average molecular weight is 248 g/mol. The Balaban J connectivity index is 2.77. The summed E-state index contributed by atoms with van der Waals surface area (Å²) < 4.78 is 1.24. The Morgan fingerprint density at radius 3 is 2.75 bits per heavy atom. The molecule has 0 aliphatic carbocycles. The number of hydrogen-bond donors (Lipinski definition) is 0. The fourth-order valence-corrected chi connectivity index (χ4v) is 2.90. The van der Waals surface area contributed by atoms with Crippen molar-refractivity contribution in [2.75, 3.05) is 13.6 Å². The molecule has 0 aliphatic heterocycles. The maximum Gasteiger partial charge on any atom is 0.0421 e. The molecule has 0 N–H and O–H groups in total. The Hall–Kier alpha value is 0.140. The summed E-state index contributed by atoms with van der Waals surface area (Å²) in [6.45, 7) is 5.50. The van der Waals surface area contributed by atoms with Gasteiger partial charge in [0.1, 0.15) is 0 Å². The highest BCUT2D eigenvalue weighted by molar-refractivity contribution is 9.10. The van der Waals surface area contributed by atoms with Crippen molar-refractivity contribution in [3.63, 3.8) is 0 Å². The van der Waals surface area contributed by atoms with Gasteiger partial charge < -0.3 is 0 Å². The van der Waals surface area contributed by atoms with Crippen molar-refractivity contribution in [1.29, 1.82) is 0 Å². The Morgan fingerprint density at radius 2 is 2.33 bits per heavy atom. The molecule has 1 aromatic heterocycles. The first kappa shape index (κ1) is 10.2. The van der Waals surface area contributed by atoms with Gasteiger partial charge in [-0.05, 0) is 47.9 Å². The fraction of sp³-hybridized carbons (Fsp3) is 0.556. The van der Waals surface area contributed by atoms with Crippen molar-refractivity contribution in [3.8, 4) is 0 Å². The zero-order valence-corrected chi connectivity index (χ0v) is 10.1. The number of thiophene rings is 1. The summed E-state index contributed by atoms with van der Waals surface area (Å²) in [7, 11) is 2.15. The Kier molecular flexibility index (Phi) is 3.75. The molecule has 0 aliphatic rings. The summed E-state index contributed by atoms with van der Waals surface area (Å²) in [5.41, 5.74) is 0. The average Bonchev–Trinajstić information content (AvgIpc) is 2.48. The maximum atomic E-state index is 3.55. The lowest BCUT2D eigenvalue weighted by atomic mass is 10.2. The second-order valence-corrected chi connectivity index (χ2v) is 4.68. The summed E-state index contributed by atoms with van der Waals surface area (Å²) in [6, 6.07) is 2.63. The lowest BCUT2D eigenvalue weighted by Crippen LogP contribution is -2.21. The van der Waals surface area contributed by atoms with Gasteiger partial charge in [0.25, 0.3) is 0 Å². The maximum absolute atomic E-state index is 3.55. The molecule has 0 bridgehead atoms. The number of nitrogens with zero attached hydrogens (tertiary/aromatic N) is 1. The first-order chi connectivity index (χ1) is 5.66. The molecule has 0 saturated carbocycles. The molecule has 0 spiro atoms. The van der Waals surface area contributed by atoms with Gasteiger partial charge in [0.15, 0.2) is 0 Å². The monoisotopic (exact) mass is 247 g/mol. The van der Waals surface area contributed by atoms with E-state index in [4.69, 9.17) is 0 Å². The van der Waals surface area contributed by atoms with Crippen molar-refractivity contribution in [2.45, 2.75) is 19.9 Å². The van der Waals surface area contributed by atoms with Crippen LogP contribution in [0.4, 0.5) is 0 Å². The van der Waals surface area contributed by atoms with Crippen LogP contribution in [0.3, 0.4) is 0 Å². The molecule has 1 heterocycles. The molecular weight excluding hydrogens is 234 g/mol. The largest absolute Gasteiger partial charge is 0.299 e. The highest BCUT2D eigenvalue weighted by atomic mass is 79.9. The van der Waals surface area contributed by atoms with Gasteiger partial charge >= 0.3 is 0 Å². The molecule has 0 fully saturated rings. The number of hydrogen-bond acceptors (Lipinski definition) is 2. The predicted octanol–water partition coefficient (Wildman–Crippen LogP) is 3.52. The molecule has 0 radical (unpaired) electrons. The topological polar surface area (TPSA) is 3.24 Å². The third-order valence-electron chi connectivity index (χ3n) is 2.18. The van der Waals surface area contributed by atoms with Gasteiger partial charge in [-0.3, -0.25) is 4.90 Å². The van der Waals surface area contributed by atoms with Crippen molar-refractivity contribution in [2.24, 2.45) is 0 Å². The normalized spacial score (nSPS) is 13.8. The minimum Gasteiger partial charge on any atom is -0.299 e. The van der Waals surface area contributed by atoms with E-state index < -0.39 is 0 Å². The highest BCUT2D eigenvalue weighted by Crippen LogP contribution is 2.31. The van der Waals surface area contributed by atoms with E-state index in [2.05, 4.69) is 53.2 Å². The number of halogens is 1. The summed E-state index contributed by atoms with van der Waals surface area (Å²) in [4.78, 5) is 3.75. The second-order valence-electron chi connectivity index (χ2n) is 2.88. The minimum atomic E-state index is 0.518. The Bertz CT molecular complexity index is 246. The van der Waals surface area contributed by atoms with E-state index in [1.165, 1.54) is 9.35 Å². The van der Waals surface area contributed by atoms with Gasteiger partial charge in [0.2, 0.25) is 0 Å². The molecule has 3 heteroatoms. The van der Waals surface area contributed by atoms with Crippen molar-refractivity contribution in [1.82, 2.24) is 4.90 Å². The van der Waals surface area contributed by atoms with Crippen LogP contribution >= 0.6 is 27.3 Å². The molecule has 0 amide bonds. The van der Waals surface area contributed by atoms with Crippen molar-refractivity contribution < 1.29 is 0 Å². The molecule has 68 valence electrons. The summed E-state index contributed by atoms with van der Waals surface area (Å²) in [5.74, 6) is 0. The van der Waals surface area contributed by atoms with Gasteiger partial charge in [-0.1, -0.05) is 6.92 Å². The zero-order chi connectivity index (χ0) is 9.14. The van der Waals surface area contributed by atoms with E-state index in [1.54, 1.807) is 0 Å². The zero-order valence-electron chi connectivity index (χ0n) is 7.67. The van der Waals surface area contributed by atoms with E-state index in [9.17, 15) is 0 Å². The molecule has 0 aromatic carbocycles. The van der Waals surface area contributed by atoms with Gasteiger partial charge in [0.05, 0.1) is 0 Å². The van der Waals surface area contributed by atoms with E-state index in [-0.39, 0.29) is 0 Å². The van der Waals surface area contributed by atoms with Crippen LogP contribution in [0.1, 0.15) is 24.8 Å². The first-order valence-electron chi connectivity index (χ1n) is 4.10. The quantitative estimate of drug-likeness (QED) is 0.791. The van der Waals surface area contributed by atoms with Crippen LogP contribution in [0.25, 0.3) is 0 Å². The summed E-state index contributed by atoms with van der Waals surface area (Å²) in [5, 5.41) is 2.12. The fourth-order valence-electron chi connectivity index (χ4n) is 1.08. The smallest absolute Gasteiger partial charge is 0.0421 e. The van der Waals surface area contributed by atoms with Gasteiger partial charge in [-0.15, -0.1) is 11.3 Å². The molecule has 1 aromatic rings. The summed E-state index contributed by atoms with van der Waals surface area (Å²) >= 11 is 5.36. The van der Waals surface area contributed by atoms with E-state index in [0.29, 0.717) is 6.04 Å². The van der Waals surface area contributed by atoms with E-state index in [1.807, 2.05) is 11.3 Å². The Labute approximate surface area is 86.5 Å². The SMILES string of the molecule is CCN(C)C(C)c1sccc1Br. The van der Waals surface area contributed by atoms with Crippen LogP contribution < -0.4 is 0 Å². The lowest BCUT2D eigenvalue weighted by molar-refractivity contribution is 0.279. The highest BCUT2D eigenvalue weighted by Gasteiger charge is 2.13. The second kappa shape index (κ2) is 4.40.